The fourth-order valence-corrected chi connectivity index (χ4v) is 3.20. The zero-order valence-electron chi connectivity index (χ0n) is 13.7. The molecule has 1 saturated heterocycles. The first-order chi connectivity index (χ1) is 10.3. The first kappa shape index (κ1) is 16.5. The third kappa shape index (κ3) is 5.80. The van der Waals surface area contributed by atoms with Crippen LogP contribution >= 0.6 is 0 Å². The SMILES string of the molecule is CCCNCC(CCC1CCCO1)Cc1ccccc1C. The van der Waals surface area contributed by atoms with E-state index in [1.54, 1.807) is 0 Å². The van der Waals surface area contributed by atoms with Crippen molar-refractivity contribution in [2.75, 3.05) is 19.7 Å². The molecule has 1 heterocycles. The molecular formula is C19H31NO. The molecule has 0 aromatic heterocycles. The Kier molecular flexibility index (Phi) is 7.25. The van der Waals surface area contributed by atoms with E-state index >= 15 is 0 Å². The molecule has 2 unspecified atom stereocenters. The van der Waals surface area contributed by atoms with Gasteiger partial charge in [0.05, 0.1) is 6.10 Å². The average molecular weight is 289 g/mol. The fourth-order valence-electron chi connectivity index (χ4n) is 3.20. The Labute approximate surface area is 130 Å². The summed E-state index contributed by atoms with van der Waals surface area (Å²) in [6.45, 7) is 7.70. The van der Waals surface area contributed by atoms with E-state index in [0.717, 1.165) is 25.6 Å². The number of hydrogen-bond donors (Lipinski definition) is 1. The van der Waals surface area contributed by atoms with Gasteiger partial charge in [-0.25, -0.2) is 0 Å². The van der Waals surface area contributed by atoms with Crippen LogP contribution in [0.1, 0.15) is 50.2 Å². The van der Waals surface area contributed by atoms with Crippen LogP contribution in [0.5, 0.6) is 0 Å². The second kappa shape index (κ2) is 9.22. The standard InChI is InChI=1S/C19H31NO/c1-3-12-20-15-17(10-11-19-9-6-13-21-19)14-18-8-5-4-7-16(18)2/h4-5,7-8,17,19-20H,3,6,9-15H2,1-2H3. The summed E-state index contributed by atoms with van der Waals surface area (Å²) in [6, 6.07) is 8.81. The molecule has 2 rings (SSSR count). The Morgan fingerprint density at radius 3 is 2.90 bits per heavy atom. The molecule has 2 heteroatoms. The summed E-state index contributed by atoms with van der Waals surface area (Å²) >= 11 is 0. The lowest BCUT2D eigenvalue weighted by Gasteiger charge is -2.20. The van der Waals surface area contributed by atoms with E-state index in [1.165, 1.54) is 49.7 Å². The molecule has 2 nitrogen and oxygen atoms in total. The van der Waals surface area contributed by atoms with Gasteiger partial charge in [-0.2, -0.15) is 0 Å². The molecule has 0 aliphatic carbocycles. The Balaban J connectivity index is 1.86. The van der Waals surface area contributed by atoms with E-state index in [0.29, 0.717) is 6.10 Å². The second-order valence-corrected chi connectivity index (χ2v) is 6.41. The van der Waals surface area contributed by atoms with E-state index < -0.39 is 0 Å². The Morgan fingerprint density at radius 2 is 2.19 bits per heavy atom. The van der Waals surface area contributed by atoms with Crippen molar-refractivity contribution >= 4 is 0 Å². The molecule has 0 radical (unpaired) electrons. The molecular weight excluding hydrogens is 258 g/mol. The first-order valence-corrected chi connectivity index (χ1v) is 8.66. The van der Waals surface area contributed by atoms with Gasteiger partial charge in [0.25, 0.3) is 0 Å². The minimum atomic E-state index is 0.524. The summed E-state index contributed by atoms with van der Waals surface area (Å²) in [7, 11) is 0. The van der Waals surface area contributed by atoms with Crippen molar-refractivity contribution < 1.29 is 4.74 Å². The van der Waals surface area contributed by atoms with Gasteiger partial charge in [-0.05, 0) is 75.6 Å². The summed E-state index contributed by atoms with van der Waals surface area (Å²) < 4.78 is 5.78. The molecule has 1 aromatic carbocycles. The molecule has 1 aliphatic rings. The van der Waals surface area contributed by atoms with Crippen molar-refractivity contribution in [2.45, 2.75) is 58.5 Å². The molecule has 21 heavy (non-hydrogen) atoms. The molecule has 1 aliphatic heterocycles. The van der Waals surface area contributed by atoms with E-state index in [2.05, 4.69) is 43.4 Å². The molecule has 2 atom stereocenters. The predicted molar refractivity (Wildman–Crippen MR) is 89.7 cm³/mol. The molecule has 0 saturated carbocycles. The fraction of sp³-hybridized carbons (Fsp3) is 0.684. The zero-order valence-corrected chi connectivity index (χ0v) is 13.7. The molecule has 1 fully saturated rings. The van der Waals surface area contributed by atoms with Gasteiger partial charge >= 0.3 is 0 Å². The van der Waals surface area contributed by atoms with E-state index in [4.69, 9.17) is 4.74 Å². The van der Waals surface area contributed by atoms with Gasteiger partial charge < -0.3 is 10.1 Å². The first-order valence-electron chi connectivity index (χ1n) is 8.66. The smallest absolute Gasteiger partial charge is 0.0576 e. The summed E-state index contributed by atoms with van der Waals surface area (Å²) in [6.07, 6.45) is 7.94. The van der Waals surface area contributed by atoms with Gasteiger partial charge in [0.1, 0.15) is 0 Å². The van der Waals surface area contributed by atoms with Crippen LogP contribution in [0.25, 0.3) is 0 Å². The Bertz CT molecular complexity index is 398. The van der Waals surface area contributed by atoms with E-state index in [1.807, 2.05) is 0 Å². The number of ether oxygens (including phenoxy) is 1. The molecule has 0 spiro atoms. The highest BCUT2D eigenvalue weighted by Gasteiger charge is 2.18. The van der Waals surface area contributed by atoms with Crippen molar-refractivity contribution in [3.8, 4) is 0 Å². The van der Waals surface area contributed by atoms with Gasteiger partial charge in [-0.1, -0.05) is 31.2 Å². The second-order valence-electron chi connectivity index (χ2n) is 6.41. The lowest BCUT2D eigenvalue weighted by atomic mass is 9.91. The topological polar surface area (TPSA) is 21.3 Å². The summed E-state index contributed by atoms with van der Waals surface area (Å²) in [4.78, 5) is 0. The number of rotatable bonds is 9. The van der Waals surface area contributed by atoms with Gasteiger partial charge in [0.2, 0.25) is 0 Å². The summed E-state index contributed by atoms with van der Waals surface area (Å²) in [5.41, 5.74) is 2.93. The third-order valence-electron chi connectivity index (χ3n) is 4.55. The van der Waals surface area contributed by atoms with Crippen molar-refractivity contribution in [2.24, 2.45) is 5.92 Å². The van der Waals surface area contributed by atoms with Crippen LogP contribution in [0, 0.1) is 12.8 Å². The van der Waals surface area contributed by atoms with Gasteiger partial charge in [0, 0.05) is 6.61 Å². The van der Waals surface area contributed by atoms with Gasteiger partial charge in [0.15, 0.2) is 0 Å². The van der Waals surface area contributed by atoms with Crippen LogP contribution in [-0.2, 0) is 11.2 Å². The van der Waals surface area contributed by atoms with Crippen LogP contribution in [0.3, 0.4) is 0 Å². The maximum absolute atomic E-state index is 5.78. The van der Waals surface area contributed by atoms with Crippen LogP contribution < -0.4 is 5.32 Å². The average Bonchev–Trinajstić information content (AvgIpc) is 3.00. The van der Waals surface area contributed by atoms with Gasteiger partial charge in [-0.15, -0.1) is 0 Å². The highest BCUT2D eigenvalue weighted by atomic mass is 16.5. The lowest BCUT2D eigenvalue weighted by molar-refractivity contribution is 0.0979. The number of hydrogen-bond acceptors (Lipinski definition) is 2. The molecule has 1 aromatic rings. The van der Waals surface area contributed by atoms with Crippen molar-refractivity contribution in [1.29, 1.82) is 0 Å². The molecule has 0 bridgehead atoms. The maximum Gasteiger partial charge on any atom is 0.0576 e. The van der Waals surface area contributed by atoms with E-state index in [-0.39, 0.29) is 0 Å². The highest BCUT2D eigenvalue weighted by Crippen LogP contribution is 2.22. The van der Waals surface area contributed by atoms with Crippen LogP contribution in [0.4, 0.5) is 0 Å². The Hall–Kier alpha value is -0.860. The summed E-state index contributed by atoms with van der Waals surface area (Å²) in [5, 5.41) is 3.61. The molecule has 1 N–H and O–H groups in total. The highest BCUT2D eigenvalue weighted by molar-refractivity contribution is 5.25. The number of aryl methyl sites for hydroxylation is 1. The van der Waals surface area contributed by atoms with Crippen LogP contribution in [-0.4, -0.2) is 25.8 Å². The van der Waals surface area contributed by atoms with Crippen LogP contribution in [0.15, 0.2) is 24.3 Å². The van der Waals surface area contributed by atoms with E-state index in [9.17, 15) is 0 Å². The molecule has 0 amide bonds. The monoisotopic (exact) mass is 289 g/mol. The normalized spacial score (nSPS) is 19.8. The third-order valence-corrected chi connectivity index (χ3v) is 4.55. The minimum Gasteiger partial charge on any atom is -0.378 e. The van der Waals surface area contributed by atoms with Crippen molar-refractivity contribution in [3.05, 3.63) is 35.4 Å². The van der Waals surface area contributed by atoms with Crippen LogP contribution in [0.2, 0.25) is 0 Å². The summed E-state index contributed by atoms with van der Waals surface area (Å²) in [5.74, 6) is 0.724. The quantitative estimate of drug-likeness (QED) is 0.691. The lowest BCUT2D eigenvalue weighted by Crippen LogP contribution is -2.26. The van der Waals surface area contributed by atoms with Crippen molar-refractivity contribution in [3.63, 3.8) is 0 Å². The predicted octanol–water partition coefficient (Wildman–Crippen LogP) is 4.11. The van der Waals surface area contributed by atoms with Crippen molar-refractivity contribution in [1.82, 2.24) is 5.32 Å². The zero-order chi connectivity index (χ0) is 14.9. The van der Waals surface area contributed by atoms with Gasteiger partial charge in [-0.3, -0.25) is 0 Å². The largest absolute Gasteiger partial charge is 0.378 e. The number of benzene rings is 1. The maximum atomic E-state index is 5.78. The number of nitrogens with one attached hydrogen (secondary N) is 1. The minimum absolute atomic E-state index is 0.524. The molecule has 118 valence electrons. The Morgan fingerprint density at radius 1 is 1.33 bits per heavy atom.